The van der Waals surface area contributed by atoms with Crippen LogP contribution in [0.25, 0.3) is 12.2 Å². The van der Waals surface area contributed by atoms with Crippen molar-refractivity contribution in [1.82, 2.24) is 10.6 Å². The van der Waals surface area contributed by atoms with Crippen LogP contribution in [0.1, 0.15) is 51.2 Å². The van der Waals surface area contributed by atoms with Crippen LogP contribution in [0.3, 0.4) is 0 Å². The lowest BCUT2D eigenvalue weighted by Gasteiger charge is -2.46. The summed E-state index contributed by atoms with van der Waals surface area (Å²) in [5.41, 5.74) is -0.0373. The first-order valence-electron chi connectivity index (χ1n) is 11.7. The van der Waals surface area contributed by atoms with Crippen LogP contribution in [0, 0.1) is 22.5 Å². The monoisotopic (exact) mass is 534 g/mol. The fourth-order valence-corrected chi connectivity index (χ4v) is 5.59. The molecule has 0 unspecified atom stereocenters. The molecule has 2 atom stereocenters. The van der Waals surface area contributed by atoms with Gasteiger partial charge >= 0.3 is 0 Å². The van der Waals surface area contributed by atoms with Gasteiger partial charge < -0.3 is 10.6 Å². The summed E-state index contributed by atoms with van der Waals surface area (Å²) in [5, 5.41) is 6.37. The molecule has 1 saturated carbocycles. The van der Waals surface area contributed by atoms with Crippen LogP contribution in [0.15, 0.2) is 48.6 Å². The molecular weight excluding hydrogens is 505 g/mol. The van der Waals surface area contributed by atoms with E-state index in [-0.39, 0.29) is 49.9 Å². The summed E-state index contributed by atoms with van der Waals surface area (Å²) in [6.07, 6.45) is 7.53. The zero-order chi connectivity index (χ0) is 26.5. The number of benzene rings is 2. The number of nitrogens with one attached hydrogen (secondary N) is 2. The molecule has 1 aliphatic rings. The minimum Gasteiger partial charge on any atom is -0.352 e. The minimum atomic E-state index is -0.502. The highest BCUT2D eigenvalue weighted by molar-refractivity contribution is 6.32. The van der Waals surface area contributed by atoms with E-state index in [2.05, 4.69) is 31.4 Å². The highest BCUT2D eigenvalue weighted by Crippen LogP contribution is 2.45. The van der Waals surface area contributed by atoms with Crippen molar-refractivity contribution in [2.75, 3.05) is 6.54 Å². The first-order valence-corrected chi connectivity index (χ1v) is 12.5. The molecule has 8 heteroatoms. The van der Waals surface area contributed by atoms with Gasteiger partial charge in [0.2, 0.25) is 11.8 Å². The van der Waals surface area contributed by atoms with Crippen molar-refractivity contribution in [3.05, 3.63) is 81.4 Å². The summed E-state index contributed by atoms with van der Waals surface area (Å²) in [4.78, 5) is 25.0. The van der Waals surface area contributed by atoms with Gasteiger partial charge in [-0.05, 0) is 66.5 Å². The van der Waals surface area contributed by atoms with Crippen molar-refractivity contribution in [3.8, 4) is 0 Å². The van der Waals surface area contributed by atoms with Crippen LogP contribution in [0.5, 0.6) is 0 Å². The van der Waals surface area contributed by atoms with Gasteiger partial charge in [0.1, 0.15) is 11.6 Å². The number of rotatable bonds is 7. The Kier molecular flexibility index (Phi) is 8.96. The molecule has 0 spiro atoms. The lowest BCUT2D eigenvalue weighted by atomic mass is 9.62. The predicted octanol–water partition coefficient (Wildman–Crippen LogP) is 6.82. The Morgan fingerprint density at radius 3 is 1.97 bits per heavy atom. The van der Waals surface area contributed by atoms with Gasteiger partial charge in [-0.25, -0.2) is 8.78 Å². The molecule has 2 aromatic rings. The van der Waals surface area contributed by atoms with E-state index < -0.39 is 11.6 Å². The number of amides is 2. The molecule has 0 aromatic heterocycles. The van der Waals surface area contributed by atoms with Crippen molar-refractivity contribution in [2.45, 2.75) is 46.1 Å². The minimum absolute atomic E-state index is 0.0786. The highest BCUT2D eigenvalue weighted by atomic mass is 35.5. The molecule has 0 aliphatic heterocycles. The molecule has 0 saturated heterocycles. The zero-order valence-electron chi connectivity index (χ0n) is 20.5. The van der Waals surface area contributed by atoms with Gasteiger partial charge in [-0.2, -0.15) is 0 Å². The van der Waals surface area contributed by atoms with Gasteiger partial charge in [0.05, 0.1) is 10.0 Å². The van der Waals surface area contributed by atoms with Gasteiger partial charge in [-0.3, -0.25) is 9.59 Å². The molecule has 36 heavy (non-hydrogen) atoms. The molecule has 4 nitrogen and oxygen atoms in total. The van der Waals surface area contributed by atoms with E-state index >= 15 is 0 Å². The zero-order valence-corrected chi connectivity index (χ0v) is 22.0. The van der Waals surface area contributed by atoms with Crippen LogP contribution in [0.4, 0.5) is 8.78 Å². The van der Waals surface area contributed by atoms with E-state index in [1.807, 2.05) is 0 Å². The van der Waals surface area contributed by atoms with Crippen LogP contribution in [-0.2, 0) is 9.59 Å². The van der Waals surface area contributed by atoms with Crippen LogP contribution in [-0.4, -0.2) is 24.4 Å². The average molecular weight is 535 g/mol. The smallest absolute Gasteiger partial charge is 0.244 e. The molecule has 3 rings (SSSR count). The van der Waals surface area contributed by atoms with Gasteiger partial charge in [0.25, 0.3) is 0 Å². The summed E-state index contributed by atoms with van der Waals surface area (Å²) >= 11 is 12.0. The van der Waals surface area contributed by atoms with E-state index in [9.17, 15) is 18.4 Å². The summed E-state index contributed by atoms with van der Waals surface area (Å²) in [6.45, 7) is 6.71. The fraction of sp³-hybridized carbons (Fsp3) is 0.357. The Morgan fingerprint density at radius 1 is 0.917 bits per heavy atom. The van der Waals surface area contributed by atoms with E-state index in [4.69, 9.17) is 23.2 Å². The third-order valence-corrected chi connectivity index (χ3v) is 6.94. The topological polar surface area (TPSA) is 58.2 Å². The lowest BCUT2D eigenvalue weighted by Crippen LogP contribution is -2.50. The SMILES string of the molecule is CC1(C)C[C@H](NC(=O)/C=C/c2c(F)cccc2Cl)C[C@](C)(CNC(=O)/C=C/c2c(F)cccc2Cl)C1. The molecule has 0 radical (unpaired) electrons. The van der Waals surface area contributed by atoms with Crippen LogP contribution < -0.4 is 10.6 Å². The highest BCUT2D eigenvalue weighted by Gasteiger charge is 2.41. The molecule has 2 amide bonds. The van der Waals surface area contributed by atoms with E-state index in [1.165, 1.54) is 48.6 Å². The molecule has 2 N–H and O–H groups in total. The molecular formula is C28H30Cl2F2N2O2. The van der Waals surface area contributed by atoms with E-state index in [1.54, 1.807) is 12.1 Å². The molecule has 1 aliphatic carbocycles. The van der Waals surface area contributed by atoms with E-state index in [0.717, 1.165) is 12.8 Å². The maximum absolute atomic E-state index is 14.0. The van der Waals surface area contributed by atoms with E-state index in [0.29, 0.717) is 13.0 Å². The Morgan fingerprint density at radius 2 is 1.44 bits per heavy atom. The second-order valence-corrected chi connectivity index (χ2v) is 11.2. The summed E-state index contributed by atoms with van der Waals surface area (Å²) < 4.78 is 27.9. The quantitative estimate of drug-likeness (QED) is 0.383. The average Bonchev–Trinajstić information content (AvgIpc) is 2.76. The normalized spacial score (nSPS) is 21.6. The molecule has 1 fully saturated rings. The van der Waals surface area contributed by atoms with Crippen molar-refractivity contribution < 1.29 is 18.4 Å². The Bertz CT molecular complexity index is 1160. The second-order valence-electron chi connectivity index (χ2n) is 10.4. The number of hydrogen-bond acceptors (Lipinski definition) is 2. The summed E-state index contributed by atoms with van der Waals surface area (Å²) in [7, 11) is 0. The third-order valence-electron chi connectivity index (χ3n) is 6.28. The summed E-state index contributed by atoms with van der Waals surface area (Å²) in [6, 6.07) is 8.56. The van der Waals surface area contributed by atoms with Crippen molar-refractivity contribution in [2.24, 2.45) is 10.8 Å². The van der Waals surface area contributed by atoms with Crippen LogP contribution in [0.2, 0.25) is 10.0 Å². The van der Waals surface area contributed by atoms with Crippen molar-refractivity contribution in [1.29, 1.82) is 0 Å². The number of halogens is 4. The second kappa shape index (κ2) is 11.6. The van der Waals surface area contributed by atoms with Gasteiger partial charge in [0.15, 0.2) is 0 Å². The third kappa shape index (κ3) is 7.65. The first kappa shape index (κ1) is 27.9. The number of hydrogen-bond donors (Lipinski definition) is 2. The standard InChI is InChI=1S/C28H30Cl2F2N2O2/c1-27(2)14-18(34-26(36)13-11-20-22(30)7-5-9-24(20)32)15-28(3,16-27)17-33-25(35)12-10-19-21(29)6-4-8-23(19)31/h4-13,18H,14-17H2,1-3H3,(H,33,35)(H,34,36)/b12-10+,13-11+/t18-,28-/m0/s1. The van der Waals surface area contributed by atoms with Crippen LogP contribution >= 0.6 is 23.2 Å². The number of carbonyl (C=O) groups excluding carboxylic acids is 2. The Balaban J connectivity index is 1.61. The predicted molar refractivity (Wildman–Crippen MR) is 142 cm³/mol. The fourth-order valence-electron chi connectivity index (χ4n) is 5.14. The maximum atomic E-state index is 14.0. The largest absolute Gasteiger partial charge is 0.352 e. The van der Waals surface area contributed by atoms with Gasteiger partial charge in [-0.1, -0.05) is 56.1 Å². The number of carbonyl (C=O) groups is 2. The van der Waals surface area contributed by atoms with Gasteiger partial charge in [-0.15, -0.1) is 0 Å². The van der Waals surface area contributed by atoms with Crippen molar-refractivity contribution >= 4 is 47.2 Å². The molecule has 2 aromatic carbocycles. The molecule has 0 heterocycles. The lowest BCUT2D eigenvalue weighted by molar-refractivity contribution is -0.119. The summed E-state index contributed by atoms with van der Waals surface area (Å²) in [5.74, 6) is -1.70. The van der Waals surface area contributed by atoms with Gasteiger partial charge in [0, 0.05) is 35.9 Å². The first-order chi connectivity index (χ1) is 16.9. The molecule has 0 bridgehead atoms. The Hall–Kier alpha value is -2.70. The molecule has 192 valence electrons. The maximum Gasteiger partial charge on any atom is 0.244 e. The Labute approximate surface area is 220 Å². The van der Waals surface area contributed by atoms with Crippen molar-refractivity contribution in [3.63, 3.8) is 0 Å².